The summed E-state index contributed by atoms with van der Waals surface area (Å²) in [7, 11) is 0. The molecule has 0 aliphatic carbocycles. The molecule has 0 saturated heterocycles. The molecule has 3 heteroatoms. The van der Waals surface area contributed by atoms with Crippen LogP contribution in [0.3, 0.4) is 0 Å². The summed E-state index contributed by atoms with van der Waals surface area (Å²) in [5, 5.41) is 0. The maximum Gasteiger partial charge on any atom is 0.333 e. The third-order valence-corrected chi connectivity index (χ3v) is 0.786. The Bertz CT molecular complexity index is 153. The van der Waals surface area contributed by atoms with Crippen molar-refractivity contribution in [3.63, 3.8) is 0 Å². The lowest BCUT2D eigenvalue weighted by atomic mass is 10.4. The fraction of sp³-hybridized carbons (Fsp3) is 0.444. The Labute approximate surface area is 78.9 Å². The standard InChI is InChI=1S/C7H12O2.C2H3Cl/c1-4-5-9-7(8)6(2)3;1-2-3/h2,4-5H2,1,3H3;2H,1H2. The van der Waals surface area contributed by atoms with E-state index in [4.69, 9.17) is 16.3 Å². The molecule has 0 aromatic rings. The zero-order chi connectivity index (χ0) is 9.98. The van der Waals surface area contributed by atoms with Crippen LogP contribution in [0.15, 0.2) is 24.3 Å². The van der Waals surface area contributed by atoms with Gasteiger partial charge in [0.15, 0.2) is 0 Å². The molecule has 0 radical (unpaired) electrons. The molecule has 12 heavy (non-hydrogen) atoms. The van der Waals surface area contributed by atoms with Gasteiger partial charge in [-0.1, -0.05) is 31.7 Å². The predicted molar refractivity (Wildman–Crippen MR) is 52.1 cm³/mol. The lowest BCUT2D eigenvalue weighted by molar-refractivity contribution is -0.138. The van der Waals surface area contributed by atoms with Gasteiger partial charge in [-0.3, -0.25) is 0 Å². The average Bonchev–Trinajstić information content (AvgIpc) is 2.01. The monoisotopic (exact) mass is 190 g/mol. The summed E-state index contributed by atoms with van der Waals surface area (Å²) in [5.41, 5.74) is 1.68. The van der Waals surface area contributed by atoms with Crippen molar-refractivity contribution in [3.05, 3.63) is 24.3 Å². The molecule has 0 amide bonds. The van der Waals surface area contributed by atoms with E-state index in [-0.39, 0.29) is 5.97 Å². The van der Waals surface area contributed by atoms with Crippen LogP contribution in [-0.4, -0.2) is 12.6 Å². The largest absolute Gasteiger partial charge is 0.462 e. The Morgan fingerprint density at radius 2 is 2.08 bits per heavy atom. The lowest BCUT2D eigenvalue weighted by Gasteiger charge is -1.99. The van der Waals surface area contributed by atoms with Gasteiger partial charge in [0.05, 0.1) is 6.61 Å². The van der Waals surface area contributed by atoms with Gasteiger partial charge in [0, 0.05) is 5.57 Å². The van der Waals surface area contributed by atoms with Gasteiger partial charge in [-0.2, -0.15) is 0 Å². The Morgan fingerprint density at radius 3 is 2.33 bits per heavy atom. The molecule has 0 spiro atoms. The molecule has 0 aliphatic heterocycles. The van der Waals surface area contributed by atoms with Crippen LogP contribution in [0.5, 0.6) is 0 Å². The first-order valence-electron chi connectivity index (χ1n) is 3.63. The van der Waals surface area contributed by atoms with Crippen LogP contribution in [0.1, 0.15) is 20.3 Å². The van der Waals surface area contributed by atoms with Crippen molar-refractivity contribution in [2.75, 3.05) is 6.61 Å². The van der Waals surface area contributed by atoms with E-state index in [1.807, 2.05) is 6.92 Å². The predicted octanol–water partition coefficient (Wildman–Crippen LogP) is 2.88. The molecule has 0 saturated carbocycles. The molecular weight excluding hydrogens is 176 g/mol. The quantitative estimate of drug-likeness (QED) is 0.505. The molecule has 0 bridgehead atoms. The normalized spacial score (nSPS) is 7.58. The Hall–Kier alpha value is -0.760. The van der Waals surface area contributed by atoms with Crippen molar-refractivity contribution < 1.29 is 9.53 Å². The molecule has 0 heterocycles. The third kappa shape index (κ3) is 12.0. The van der Waals surface area contributed by atoms with Crippen LogP contribution in [0.2, 0.25) is 0 Å². The summed E-state index contributed by atoms with van der Waals surface area (Å²) >= 11 is 4.76. The van der Waals surface area contributed by atoms with Crippen LogP contribution in [0.4, 0.5) is 0 Å². The van der Waals surface area contributed by atoms with E-state index in [0.29, 0.717) is 12.2 Å². The van der Waals surface area contributed by atoms with Gasteiger partial charge in [-0.25, -0.2) is 4.79 Å². The molecule has 70 valence electrons. The van der Waals surface area contributed by atoms with E-state index in [2.05, 4.69) is 13.2 Å². The van der Waals surface area contributed by atoms with E-state index in [1.165, 1.54) is 5.54 Å². The first-order chi connectivity index (χ1) is 5.59. The summed E-state index contributed by atoms with van der Waals surface area (Å²) < 4.78 is 4.71. The minimum Gasteiger partial charge on any atom is -0.462 e. The highest BCUT2D eigenvalue weighted by molar-refractivity contribution is 6.25. The zero-order valence-corrected chi connectivity index (χ0v) is 8.36. The summed E-state index contributed by atoms with van der Waals surface area (Å²) in [5.74, 6) is -0.295. The number of hydrogen-bond donors (Lipinski definition) is 0. The molecule has 0 unspecified atom stereocenters. The minimum absolute atomic E-state index is 0.295. The van der Waals surface area contributed by atoms with Crippen LogP contribution in [0, 0.1) is 0 Å². The van der Waals surface area contributed by atoms with E-state index in [1.54, 1.807) is 6.92 Å². The Kier molecular flexibility index (Phi) is 11.8. The molecule has 0 aromatic carbocycles. The fourth-order valence-corrected chi connectivity index (χ4v) is 0.318. The van der Waals surface area contributed by atoms with E-state index >= 15 is 0 Å². The van der Waals surface area contributed by atoms with Crippen molar-refractivity contribution in [2.45, 2.75) is 20.3 Å². The van der Waals surface area contributed by atoms with Crippen LogP contribution in [0.25, 0.3) is 0 Å². The second-order valence-corrected chi connectivity index (χ2v) is 2.38. The number of carbonyl (C=O) groups is 1. The van der Waals surface area contributed by atoms with Crippen molar-refractivity contribution in [1.82, 2.24) is 0 Å². The summed E-state index contributed by atoms with van der Waals surface area (Å²) in [6.45, 7) is 10.6. The third-order valence-electron chi connectivity index (χ3n) is 0.786. The second-order valence-electron chi connectivity index (χ2n) is 2.07. The fourth-order valence-electron chi connectivity index (χ4n) is 0.318. The molecular formula is C9H15ClO2. The SMILES string of the molecule is C=C(C)C(=O)OCCC.C=CCl. The molecule has 0 fully saturated rings. The topological polar surface area (TPSA) is 26.3 Å². The maximum atomic E-state index is 10.6. The summed E-state index contributed by atoms with van der Waals surface area (Å²) in [6, 6.07) is 0. The number of carbonyl (C=O) groups excluding carboxylic acids is 1. The highest BCUT2D eigenvalue weighted by atomic mass is 35.5. The van der Waals surface area contributed by atoms with Gasteiger partial charge < -0.3 is 4.74 Å². The van der Waals surface area contributed by atoms with Crippen LogP contribution < -0.4 is 0 Å². The van der Waals surface area contributed by atoms with Gasteiger partial charge in [-0.15, -0.1) is 0 Å². The molecule has 0 atom stereocenters. The van der Waals surface area contributed by atoms with Gasteiger partial charge in [0.1, 0.15) is 0 Å². The van der Waals surface area contributed by atoms with Gasteiger partial charge >= 0.3 is 5.97 Å². The number of halogens is 1. The van der Waals surface area contributed by atoms with E-state index in [9.17, 15) is 4.79 Å². The molecule has 0 rings (SSSR count). The smallest absolute Gasteiger partial charge is 0.333 e. The number of hydrogen-bond acceptors (Lipinski definition) is 2. The summed E-state index contributed by atoms with van der Waals surface area (Å²) in [4.78, 5) is 10.6. The van der Waals surface area contributed by atoms with E-state index < -0.39 is 0 Å². The highest BCUT2D eigenvalue weighted by Crippen LogP contribution is 1.91. The van der Waals surface area contributed by atoms with Gasteiger partial charge in [0.25, 0.3) is 0 Å². The molecule has 0 N–H and O–H groups in total. The average molecular weight is 191 g/mol. The lowest BCUT2D eigenvalue weighted by Crippen LogP contribution is -2.04. The van der Waals surface area contributed by atoms with Crippen molar-refractivity contribution >= 4 is 17.6 Å². The van der Waals surface area contributed by atoms with Gasteiger partial charge in [0.2, 0.25) is 0 Å². The van der Waals surface area contributed by atoms with Crippen LogP contribution in [-0.2, 0) is 9.53 Å². The minimum atomic E-state index is -0.295. The molecule has 0 aliphatic rings. The molecule has 2 nitrogen and oxygen atoms in total. The zero-order valence-electron chi connectivity index (χ0n) is 7.60. The Morgan fingerprint density at radius 1 is 1.67 bits per heavy atom. The van der Waals surface area contributed by atoms with E-state index in [0.717, 1.165) is 6.42 Å². The van der Waals surface area contributed by atoms with Crippen molar-refractivity contribution in [2.24, 2.45) is 0 Å². The number of rotatable bonds is 3. The van der Waals surface area contributed by atoms with Gasteiger partial charge in [-0.05, 0) is 18.9 Å². The number of esters is 1. The second kappa shape index (κ2) is 10.2. The molecule has 0 aromatic heterocycles. The highest BCUT2D eigenvalue weighted by Gasteiger charge is 1.99. The number of ether oxygens (including phenoxy) is 1. The van der Waals surface area contributed by atoms with Crippen molar-refractivity contribution in [3.8, 4) is 0 Å². The van der Waals surface area contributed by atoms with Crippen LogP contribution >= 0.6 is 11.6 Å². The Balaban J connectivity index is 0. The first-order valence-corrected chi connectivity index (χ1v) is 4.07. The summed E-state index contributed by atoms with van der Waals surface area (Å²) in [6.07, 6.45) is 0.860. The first kappa shape index (κ1) is 13.8. The maximum absolute atomic E-state index is 10.6. The van der Waals surface area contributed by atoms with Crippen molar-refractivity contribution in [1.29, 1.82) is 0 Å².